The van der Waals surface area contributed by atoms with Crippen molar-refractivity contribution in [2.75, 3.05) is 7.11 Å². The lowest BCUT2D eigenvalue weighted by atomic mass is 9.98. The number of methoxy groups -OCH3 is 1. The Morgan fingerprint density at radius 1 is 1.35 bits per heavy atom. The predicted octanol–water partition coefficient (Wildman–Crippen LogP) is 4.04. The minimum absolute atomic E-state index is 0.160. The standard InChI is InChI=1S/C19H21NO2S/c1-3-15-12-16(19(21)22-2)20(13-14-8-5-4-6-9-14)18(15)17-10-7-11-23-17/h3-11,15-16,18H,1,12-13H2,2H3/t15-,16-,18-/m1/s1. The molecule has 1 aliphatic heterocycles. The van der Waals surface area contributed by atoms with Crippen molar-refractivity contribution in [3.8, 4) is 0 Å². The summed E-state index contributed by atoms with van der Waals surface area (Å²) in [6.45, 7) is 4.72. The van der Waals surface area contributed by atoms with Crippen molar-refractivity contribution in [2.24, 2.45) is 5.92 Å². The van der Waals surface area contributed by atoms with Crippen LogP contribution in [0, 0.1) is 5.92 Å². The highest BCUT2D eigenvalue weighted by Crippen LogP contribution is 2.44. The molecule has 1 aliphatic rings. The van der Waals surface area contributed by atoms with E-state index in [0.717, 1.165) is 13.0 Å². The summed E-state index contributed by atoms with van der Waals surface area (Å²) in [7, 11) is 1.46. The van der Waals surface area contributed by atoms with Crippen molar-refractivity contribution in [1.29, 1.82) is 0 Å². The zero-order valence-corrected chi connectivity index (χ0v) is 14.0. The highest BCUT2D eigenvalue weighted by molar-refractivity contribution is 7.10. The Labute approximate surface area is 141 Å². The van der Waals surface area contributed by atoms with Crippen molar-refractivity contribution >= 4 is 17.3 Å². The quantitative estimate of drug-likeness (QED) is 0.613. The highest BCUT2D eigenvalue weighted by Gasteiger charge is 2.44. The van der Waals surface area contributed by atoms with Crippen LogP contribution in [0.1, 0.15) is 22.9 Å². The minimum Gasteiger partial charge on any atom is -0.468 e. The average Bonchev–Trinajstić information content (AvgIpc) is 3.22. The van der Waals surface area contributed by atoms with Gasteiger partial charge in [0.2, 0.25) is 0 Å². The summed E-state index contributed by atoms with van der Waals surface area (Å²) in [4.78, 5) is 15.8. The van der Waals surface area contributed by atoms with Crippen LogP contribution in [0.4, 0.5) is 0 Å². The molecule has 1 saturated heterocycles. The molecule has 0 unspecified atom stereocenters. The van der Waals surface area contributed by atoms with Gasteiger partial charge in [-0.05, 0) is 29.3 Å². The van der Waals surface area contributed by atoms with Gasteiger partial charge in [-0.15, -0.1) is 17.9 Å². The largest absolute Gasteiger partial charge is 0.468 e. The number of hydrogen-bond donors (Lipinski definition) is 0. The summed E-state index contributed by atoms with van der Waals surface area (Å²) in [5.41, 5.74) is 1.20. The maximum absolute atomic E-state index is 12.3. The molecular formula is C19H21NO2S. The first-order valence-electron chi connectivity index (χ1n) is 7.78. The summed E-state index contributed by atoms with van der Waals surface area (Å²) >= 11 is 1.73. The molecule has 1 aromatic carbocycles. The van der Waals surface area contributed by atoms with Gasteiger partial charge in [0.25, 0.3) is 0 Å². The van der Waals surface area contributed by atoms with Gasteiger partial charge < -0.3 is 4.74 Å². The topological polar surface area (TPSA) is 29.5 Å². The van der Waals surface area contributed by atoms with Gasteiger partial charge in [0.1, 0.15) is 6.04 Å². The number of esters is 1. The Morgan fingerprint density at radius 2 is 2.13 bits per heavy atom. The third-order valence-corrected chi connectivity index (χ3v) is 5.42. The molecule has 120 valence electrons. The van der Waals surface area contributed by atoms with E-state index in [1.807, 2.05) is 24.3 Å². The van der Waals surface area contributed by atoms with Gasteiger partial charge >= 0.3 is 5.97 Å². The lowest BCUT2D eigenvalue weighted by Gasteiger charge is -2.29. The number of thiophene rings is 1. The van der Waals surface area contributed by atoms with E-state index in [1.54, 1.807) is 11.3 Å². The molecule has 0 radical (unpaired) electrons. The van der Waals surface area contributed by atoms with Gasteiger partial charge in [0.15, 0.2) is 0 Å². The van der Waals surface area contributed by atoms with Crippen molar-refractivity contribution in [3.63, 3.8) is 0 Å². The second kappa shape index (κ2) is 7.11. The molecule has 2 heterocycles. The van der Waals surface area contributed by atoms with E-state index in [9.17, 15) is 4.79 Å². The van der Waals surface area contributed by atoms with Gasteiger partial charge in [-0.3, -0.25) is 9.69 Å². The number of carbonyl (C=O) groups excluding carboxylic acids is 1. The normalized spacial score (nSPS) is 24.5. The van der Waals surface area contributed by atoms with Crippen LogP contribution in [0.25, 0.3) is 0 Å². The van der Waals surface area contributed by atoms with Gasteiger partial charge in [-0.1, -0.05) is 42.5 Å². The third kappa shape index (κ3) is 3.23. The van der Waals surface area contributed by atoms with E-state index in [0.29, 0.717) is 0 Å². The molecule has 0 saturated carbocycles. The van der Waals surface area contributed by atoms with Crippen LogP contribution in [-0.4, -0.2) is 24.0 Å². The van der Waals surface area contributed by atoms with Crippen LogP contribution >= 0.6 is 11.3 Å². The first kappa shape index (κ1) is 16.0. The maximum atomic E-state index is 12.3. The molecule has 3 rings (SSSR count). The number of nitrogens with zero attached hydrogens (tertiary/aromatic N) is 1. The Bertz CT molecular complexity index is 653. The van der Waals surface area contributed by atoms with Crippen LogP contribution in [0.3, 0.4) is 0 Å². The lowest BCUT2D eigenvalue weighted by molar-refractivity contribution is -0.146. The van der Waals surface area contributed by atoms with Crippen molar-refractivity contribution in [3.05, 3.63) is 70.9 Å². The number of ether oxygens (including phenoxy) is 1. The van der Waals surface area contributed by atoms with Gasteiger partial charge in [-0.2, -0.15) is 0 Å². The number of benzene rings is 1. The number of likely N-dealkylation sites (tertiary alicyclic amines) is 1. The maximum Gasteiger partial charge on any atom is 0.323 e. The summed E-state index contributed by atoms with van der Waals surface area (Å²) in [6.07, 6.45) is 2.73. The Kier molecular flexibility index (Phi) is 4.94. The summed E-state index contributed by atoms with van der Waals surface area (Å²) < 4.78 is 5.05. The van der Waals surface area contributed by atoms with Crippen LogP contribution < -0.4 is 0 Å². The second-order valence-corrected chi connectivity index (χ2v) is 6.77. The Hall–Kier alpha value is -1.91. The summed E-state index contributed by atoms with van der Waals surface area (Å²) in [6, 6.07) is 14.4. The van der Waals surface area contributed by atoms with Gasteiger partial charge in [0, 0.05) is 11.4 Å². The van der Waals surface area contributed by atoms with E-state index in [1.165, 1.54) is 17.6 Å². The molecule has 0 aliphatic carbocycles. The van der Waals surface area contributed by atoms with Crippen LogP contribution in [0.15, 0.2) is 60.5 Å². The molecule has 23 heavy (non-hydrogen) atoms. The smallest absolute Gasteiger partial charge is 0.323 e. The fourth-order valence-electron chi connectivity index (χ4n) is 3.39. The zero-order chi connectivity index (χ0) is 16.2. The second-order valence-electron chi connectivity index (χ2n) is 5.79. The third-order valence-electron chi connectivity index (χ3n) is 4.48. The number of carbonyl (C=O) groups is 1. The molecule has 2 aromatic rings. The fourth-order valence-corrected chi connectivity index (χ4v) is 4.31. The molecule has 4 heteroatoms. The molecule has 1 fully saturated rings. The van der Waals surface area contributed by atoms with Crippen molar-refractivity contribution in [1.82, 2.24) is 4.90 Å². The van der Waals surface area contributed by atoms with E-state index in [4.69, 9.17) is 4.74 Å². The monoisotopic (exact) mass is 327 g/mol. The summed E-state index contributed by atoms with van der Waals surface area (Å²) in [5, 5.41) is 2.08. The summed E-state index contributed by atoms with van der Waals surface area (Å²) in [5.74, 6) is 0.0910. The van der Waals surface area contributed by atoms with Gasteiger partial charge in [-0.25, -0.2) is 0 Å². The molecule has 0 N–H and O–H groups in total. The van der Waals surface area contributed by atoms with E-state index in [-0.39, 0.29) is 24.0 Å². The van der Waals surface area contributed by atoms with Crippen molar-refractivity contribution < 1.29 is 9.53 Å². The average molecular weight is 327 g/mol. The number of rotatable bonds is 5. The first-order valence-corrected chi connectivity index (χ1v) is 8.66. The van der Waals surface area contributed by atoms with Gasteiger partial charge in [0.05, 0.1) is 13.2 Å². The SMILES string of the molecule is C=C[C@@H]1C[C@H](C(=O)OC)N(Cc2ccccc2)[C@H]1c1cccs1. The van der Waals surface area contributed by atoms with Crippen LogP contribution in [-0.2, 0) is 16.1 Å². The molecule has 0 amide bonds. The minimum atomic E-state index is -0.227. The van der Waals surface area contributed by atoms with E-state index in [2.05, 4.69) is 41.1 Å². The molecule has 0 bridgehead atoms. The van der Waals surface area contributed by atoms with Crippen LogP contribution in [0.2, 0.25) is 0 Å². The number of hydrogen-bond acceptors (Lipinski definition) is 4. The molecular weight excluding hydrogens is 306 g/mol. The predicted molar refractivity (Wildman–Crippen MR) is 93.2 cm³/mol. The van der Waals surface area contributed by atoms with Crippen molar-refractivity contribution in [2.45, 2.75) is 25.0 Å². The molecule has 0 spiro atoms. The Morgan fingerprint density at radius 3 is 2.74 bits per heavy atom. The fraction of sp³-hybridized carbons (Fsp3) is 0.316. The van der Waals surface area contributed by atoms with Crippen LogP contribution in [0.5, 0.6) is 0 Å². The molecule has 3 atom stereocenters. The van der Waals surface area contributed by atoms with E-state index >= 15 is 0 Å². The lowest BCUT2D eigenvalue weighted by Crippen LogP contribution is -2.37. The first-order chi connectivity index (χ1) is 11.2. The Balaban J connectivity index is 1.95. The highest BCUT2D eigenvalue weighted by atomic mass is 32.1. The molecule has 1 aromatic heterocycles. The van der Waals surface area contributed by atoms with E-state index < -0.39 is 0 Å². The zero-order valence-electron chi connectivity index (χ0n) is 13.2. The molecule has 3 nitrogen and oxygen atoms in total.